The number of nitro benzene ring substituents is 1. The third-order valence-electron chi connectivity index (χ3n) is 3.46. The van der Waals surface area contributed by atoms with Gasteiger partial charge in [-0.15, -0.1) is 0 Å². The van der Waals surface area contributed by atoms with Crippen LogP contribution in [0.15, 0.2) is 18.2 Å². The van der Waals surface area contributed by atoms with Crippen LogP contribution < -0.4 is 5.32 Å². The zero-order valence-corrected chi connectivity index (χ0v) is 10.9. The average Bonchev–Trinajstić information content (AvgIpc) is 2.29. The van der Waals surface area contributed by atoms with E-state index in [2.05, 4.69) is 5.32 Å². The summed E-state index contributed by atoms with van der Waals surface area (Å²) in [4.78, 5) is 10.1. The Kier molecular flexibility index (Phi) is 3.73. The van der Waals surface area contributed by atoms with Crippen LogP contribution in [-0.4, -0.2) is 24.2 Å². The Morgan fingerprint density at radius 3 is 2.72 bits per heavy atom. The highest BCUT2D eigenvalue weighted by Gasteiger charge is 2.36. The molecule has 2 rings (SSSR count). The summed E-state index contributed by atoms with van der Waals surface area (Å²) in [5.41, 5.74) is 0.590. The molecule has 1 saturated carbocycles. The molecule has 0 saturated heterocycles. The van der Waals surface area contributed by atoms with Crippen LogP contribution in [0.2, 0.25) is 5.02 Å². The number of benzene rings is 1. The minimum atomic E-state index is -0.460. The average molecular weight is 271 g/mol. The van der Waals surface area contributed by atoms with Crippen molar-refractivity contribution in [1.29, 1.82) is 0 Å². The van der Waals surface area contributed by atoms with Crippen molar-refractivity contribution in [2.24, 2.45) is 0 Å². The minimum absolute atomic E-state index is 0.00403. The molecule has 98 valence electrons. The van der Waals surface area contributed by atoms with Gasteiger partial charge in [0.25, 0.3) is 5.69 Å². The van der Waals surface area contributed by atoms with E-state index >= 15 is 0 Å². The molecule has 18 heavy (non-hydrogen) atoms. The maximum Gasteiger partial charge on any atom is 0.271 e. The summed E-state index contributed by atoms with van der Waals surface area (Å²) < 4.78 is 5.48. The first-order chi connectivity index (χ1) is 8.56. The minimum Gasteiger partial charge on any atom is -0.381 e. The van der Waals surface area contributed by atoms with Gasteiger partial charge in [-0.3, -0.25) is 10.1 Å². The normalized spacial score (nSPS) is 17.0. The summed E-state index contributed by atoms with van der Waals surface area (Å²) in [7, 11) is 1.71. The topological polar surface area (TPSA) is 64.4 Å². The maximum absolute atomic E-state index is 10.6. The van der Waals surface area contributed by atoms with E-state index in [9.17, 15) is 10.1 Å². The van der Waals surface area contributed by atoms with Gasteiger partial charge >= 0.3 is 0 Å². The molecule has 0 spiro atoms. The molecule has 5 nitrogen and oxygen atoms in total. The maximum atomic E-state index is 10.6. The van der Waals surface area contributed by atoms with Crippen LogP contribution in [-0.2, 0) is 4.74 Å². The van der Waals surface area contributed by atoms with E-state index < -0.39 is 4.92 Å². The van der Waals surface area contributed by atoms with E-state index in [1.165, 1.54) is 18.6 Å². The van der Waals surface area contributed by atoms with Gasteiger partial charge in [0.1, 0.15) is 0 Å². The van der Waals surface area contributed by atoms with Gasteiger partial charge < -0.3 is 10.1 Å². The highest BCUT2D eigenvalue weighted by molar-refractivity contribution is 6.33. The molecule has 0 aliphatic heterocycles. The SMILES string of the molecule is COC1(CNc2ccc([N+](=O)[O-])cc2Cl)CCC1. The van der Waals surface area contributed by atoms with Gasteiger partial charge in [0.05, 0.1) is 21.2 Å². The van der Waals surface area contributed by atoms with Crippen LogP contribution >= 0.6 is 11.6 Å². The Labute approximate surface area is 110 Å². The molecule has 0 unspecified atom stereocenters. The third-order valence-corrected chi connectivity index (χ3v) is 3.78. The van der Waals surface area contributed by atoms with Crippen LogP contribution in [0.1, 0.15) is 19.3 Å². The van der Waals surface area contributed by atoms with Crippen LogP contribution in [0, 0.1) is 10.1 Å². The molecule has 0 bridgehead atoms. The molecular formula is C12H15ClN2O3. The molecule has 0 radical (unpaired) electrons. The van der Waals surface area contributed by atoms with Crippen molar-refractivity contribution in [1.82, 2.24) is 0 Å². The quantitative estimate of drug-likeness (QED) is 0.659. The fourth-order valence-corrected chi connectivity index (χ4v) is 2.28. The number of hydrogen-bond donors (Lipinski definition) is 1. The lowest BCUT2D eigenvalue weighted by atomic mass is 9.80. The summed E-state index contributed by atoms with van der Waals surface area (Å²) in [6.07, 6.45) is 3.23. The Hall–Kier alpha value is -1.33. The second kappa shape index (κ2) is 5.12. The molecule has 1 N–H and O–H groups in total. The third kappa shape index (κ3) is 2.57. The Bertz CT molecular complexity index is 455. The van der Waals surface area contributed by atoms with Crippen LogP contribution in [0.5, 0.6) is 0 Å². The van der Waals surface area contributed by atoms with Crippen LogP contribution in [0.4, 0.5) is 11.4 Å². The molecular weight excluding hydrogens is 256 g/mol. The molecule has 1 aliphatic rings. The van der Waals surface area contributed by atoms with Crippen molar-refractivity contribution < 1.29 is 9.66 Å². The Balaban J connectivity index is 2.03. The molecule has 1 aromatic carbocycles. The Morgan fingerprint density at radius 1 is 1.56 bits per heavy atom. The lowest BCUT2D eigenvalue weighted by Crippen LogP contribution is -2.45. The highest BCUT2D eigenvalue weighted by Crippen LogP contribution is 2.36. The number of methoxy groups -OCH3 is 1. The van der Waals surface area contributed by atoms with Crippen molar-refractivity contribution in [3.63, 3.8) is 0 Å². The Morgan fingerprint density at radius 2 is 2.28 bits per heavy atom. The lowest BCUT2D eigenvalue weighted by molar-refractivity contribution is -0.384. The molecule has 1 aromatic rings. The molecule has 0 amide bonds. The summed E-state index contributed by atoms with van der Waals surface area (Å²) in [6, 6.07) is 4.42. The van der Waals surface area contributed by atoms with Crippen LogP contribution in [0.25, 0.3) is 0 Å². The first-order valence-corrected chi connectivity index (χ1v) is 6.17. The number of anilines is 1. The smallest absolute Gasteiger partial charge is 0.271 e. The molecule has 6 heteroatoms. The van der Waals surface area contributed by atoms with Gasteiger partial charge in [-0.2, -0.15) is 0 Å². The van der Waals surface area contributed by atoms with Crippen molar-refractivity contribution >= 4 is 23.0 Å². The summed E-state index contributed by atoms with van der Waals surface area (Å²) in [5, 5.41) is 14.1. The first kappa shape index (κ1) is 13.1. The van der Waals surface area contributed by atoms with Crippen molar-refractivity contribution in [3.8, 4) is 0 Å². The molecule has 0 atom stereocenters. The molecule has 1 fully saturated rings. The van der Waals surface area contributed by atoms with E-state index in [1.54, 1.807) is 13.2 Å². The zero-order valence-electron chi connectivity index (χ0n) is 10.1. The van der Waals surface area contributed by atoms with E-state index in [0.29, 0.717) is 17.3 Å². The van der Waals surface area contributed by atoms with Gasteiger partial charge in [0.2, 0.25) is 0 Å². The largest absolute Gasteiger partial charge is 0.381 e. The standard InChI is InChI=1S/C12H15ClN2O3/c1-18-12(5-2-6-12)8-14-11-4-3-9(15(16)17)7-10(11)13/h3-4,7,14H,2,5-6,8H2,1H3. The second-order valence-electron chi connectivity index (χ2n) is 4.52. The summed E-state index contributed by atoms with van der Waals surface area (Å²) >= 11 is 6.00. The number of nitro groups is 1. The van der Waals surface area contributed by atoms with Gasteiger partial charge in [-0.25, -0.2) is 0 Å². The van der Waals surface area contributed by atoms with E-state index in [1.807, 2.05) is 0 Å². The number of ether oxygens (including phenoxy) is 1. The monoisotopic (exact) mass is 270 g/mol. The summed E-state index contributed by atoms with van der Waals surface area (Å²) in [6.45, 7) is 0.668. The van der Waals surface area contributed by atoms with Crippen LogP contribution in [0.3, 0.4) is 0 Å². The predicted octanol–water partition coefficient (Wildman–Crippen LogP) is 3.23. The number of non-ortho nitro benzene ring substituents is 1. The first-order valence-electron chi connectivity index (χ1n) is 5.79. The van der Waals surface area contributed by atoms with Gasteiger partial charge in [-0.1, -0.05) is 11.6 Å². The lowest BCUT2D eigenvalue weighted by Gasteiger charge is -2.40. The molecule has 0 heterocycles. The van der Waals surface area contributed by atoms with E-state index in [-0.39, 0.29) is 11.3 Å². The fourth-order valence-electron chi connectivity index (χ4n) is 2.04. The second-order valence-corrected chi connectivity index (χ2v) is 4.92. The van der Waals surface area contributed by atoms with E-state index in [4.69, 9.17) is 16.3 Å². The molecule has 1 aliphatic carbocycles. The predicted molar refractivity (Wildman–Crippen MR) is 70.2 cm³/mol. The zero-order chi connectivity index (χ0) is 13.2. The number of nitrogens with zero attached hydrogens (tertiary/aromatic N) is 1. The number of hydrogen-bond acceptors (Lipinski definition) is 4. The van der Waals surface area contributed by atoms with Gasteiger partial charge in [0.15, 0.2) is 0 Å². The number of nitrogens with one attached hydrogen (secondary N) is 1. The van der Waals surface area contributed by atoms with Crippen molar-refractivity contribution in [3.05, 3.63) is 33.3 Å². The fraction of sp³-hybridized carbons (Fsp3) is 0.500. The molecule has 0 aromatic heterocycles. The number of rotatable bonds is 5. The highest BCUT2D eigenvalue weighted by atomic mass is 35.5. The summed E-state index contributed by atoms with van der Waals surface area (Å²) in [5.74, 6) is 0. The number of halogens is 1. The van der Waals surface area contributed by atoms with Crippen molar-refractivity contribution in [2.45, 2.75) is 24.9 Å². The van der Waals surface area contributed by atoms with Gasteiger partial charge in [-0.05, 0) is 25.3 Å². The van der Waals surface area contributed by atoms with Gasteiger partial charge in [0, 0.05) is 25.8 Å². The van der Waals surface area contributed by atoms with Crippen molar-refractivity contribution in [2.75, 3.05) is 19.0 Å². The van der Waals surface area contributed by atoms with E-state index in [0.717, 1.165) is 12.8 Å².